The summed E-state index contributed by atoms with van der Waals surface area (Å²) in [6, 6.07) is 64.8. The highest BCUT2D eigenvalue weighted by atomic mass is 15.2. The third-order valence-corrected chi connectivity index (χ3v) is 10.5. The fourth-order valence-electron chi connectivity index (χ4n) is 8.17. The molecule has 0 saturated heterocycles. The molecule has 0 atom stereocenters. The zero-order valence-electron chi connectivity index (χ0n) is 28.1. The monoisotopic (exact) mass is 662 g/mol. The zero-order valence-corrected chi connectivity index (χ0v) is 28.1. The first kappa shape index (κ1) is 28.8. The molecule has 3 heterocycles. The van der Waals surface area contributed by atoms with Gasteiger partial charge in [0, 0.05) is 38.2 Å². The molecule has 0 unspecified atom stereocenters. The maximum atomic E-state index is 5.49. The topological polar surface area (TPSA) is 35.6 Å². The largest absolute Gasteiger partial charge is 0.309 e. The fraction of sp³-hybridized carbons (Fsp3) is 0. The number of nitrogens with zero attached hydrogens (tertiary/aromatic N) is 4. The van der Waals surface area contributed by atoms with Gasteiger partial charge in [-0.15, -0.1) is 0 Å². The SMILES string of the molecule is c1ccc(-c2ccc3c4c5ccccc5ccc4n(-c4nc(-c5ccc6c(c5)c5ccccc5n6-c5ccccc5)c5ccccc5n4)c3c2)cc1. The van der Waals surface area contributed by atoms with Gasteiger partial charge in [0.05, 0.1) is 33.3 Å². The van der Waals surface area contributed by atoms with Crippen molar-refractivity contribution in [2.45, 2.75) is 0 Å². The van der Waals surface area contributed by atoms with E-state index in [4.69, 9.17) is 9.97 Å². The number of rotatable bonds is 4. The predicted octanol–water partition coefficient (Wildman–Crippen LogP) is 12.3. The molecule has 3 aromatic heterocycles. The standard InChI is InChI=1S/C48H30N4/c1-3-13-31(14-4-1)33-23-26-39-45(30-33)52(44-28-24-32-15-7-8-18-36(32)46(39)44)48-49-41-21-11-9-20-38(41)47(50-48)34-25-27-43-40(29-34)37-19-10-12-22-42(37)51(43)35-16-5-2-6-17-35/h1-30H. The van der Waals surface area contributed by atoms with Gasteiger partial charge < -0.3 is 4.57 Å². The van der Waals surface area contributed by atoms with E-state index in [0.29, 0.717) is 5.95 Å². The van der Waals surface area contributed by atoms with Crippen LogP contribution in [0.4, 0.5) is 0 Å². The van der Waals surface area contributed by atoms with Crippen LogP contribution in [0.1, 0.15) is 0 Å². The van der Waals surface area contributed by atoms with Gasteiger partial charge in [-0.25, -0.2) is 9.97 Å². The highest BCUT2D eigenvalue weighted by molar-refractivity contribution is 6.21. The van der Waals surface area contributed by atoms with Crippen LogP contribution in [-0.4, -0.2) is 19.1 Å². The van der Waals surface area contributed by atoms with E-state index in [1.54, 1.807) is 0 Å². The summed E-state index contributed by atoms with van der Waals surface area (Å²) in [6.07, 6.45) is 0. The van der Waals surface area contributed by atoms with E-state index in [2.05, 4.69) is 191 Å². The quantitative estimate of drug-likeness (QED) is 0.188. The molecule has 52 heavy (non-hydrogen) atoms. The third-order valence-electron chi connectivity index (χ3n) is 10.5. The number of benzene rings is 8. The Balaban J connectivity index is 1.21. The third kappa shape index (κ3) is 4.28. The van der Waals surface area contributed by atoms with Crippen LogP contribution in [0.5, 0.6) is 0 Å². The van der Waals surface area contributed by atoms with Gasteiger partial charge in [-0.05, 0) is 70.4 Å². The summed E-state index contributed by atoms with van der Waals surface area (Å²) in [5.74, 6) is 0.654. The van der Waals surface area contributed by atoms with E-state index in [1.165, 1.54) is 43.4 Å². The van der Waals surface area contributed by atoms with Crippen LogP contribution in [0.15, 0.2) is 182 Å². The molecular formula is C48H30N4. The number of hydrogen-bond acceptors (Lipinski definition) is 2. The molecule has 0 aliphatic carbocycles. The molecule has 4 heteroatoms. The highest BCUT2D eigenvalue weighted by Crippen LogP contribution is 2.40. The molecule has 0 aliphatic rings. The lowest BCUT2D eigenvalue weighted by Crippen LogP contribution is -2.03. The summed E-state index contributed by atoms with van der Waals surface area (Å²) < 4.78 is 4.62. The molecule has 242 valence electrons. The van der Waals surface area contributed by atoms with E-state index in [0.717, 1.165) is 50.0 Å². The van der Waals surface area contributed by atoms with Gasteiger partial charge in [-0.3, -0.25) is 4.57 Å². The van der Waals surface area contributed by atoms with Crippen molar-refractivity contribution in [3.8, 4) is 34.0 Å². The van der Waals surface area contributed by atoms with E-state index >= 15 is 0 Å². The number of fused-ring (bicyclic) bond motifs is 9. The van der Waals surface area contributed by atoms with Crippen LogP contribution < -0.4 is 0 Å². The first-order chi connectivity index (χ1) is 25.8. The van der Waals surface area contributed by atoms with Gasteiger partial charge in [0.2, 0.25) is 5.95 Å². The summed E-state index contributed by atoms with van der Waals surface area (Å²) in [7, 11) is 0. The molecule has 0 aliphatic heterocycles. The molecule has 11 rings (SSSR count). The van der Waals surface area contributed by atoms with Crippen LogP contribution in [0.3, 0.4) is 0 Å². The minimum atomic E-state index is 0.654. The van der Waals surface area contributed by atoms with E-state index in [1.807, 2.05) is 0 Å². The molecule has 0 saturated carbocycles. The Kier molecular flexibility index (Phi) is 6.22. The van der Waals surface area contributed by atoms with E-state index in [9.17, 15) is 0 Å². The second-order valence-corrected chi connectivity index (χ2v) is 13.4. The molecule has 0 fully saturated rings. The Hall–Kier alpha value is -7.04. The summed E-state index contributed by atoms with van der Waals surface area (Å²) in [5.41, 5.74) is 10.9. The van der Waals surface area contributed by atoms with Gasteiger partial charge in [0.1, 0.15) is 0 Å². The molecule has 8 aromatic carbocycles. The highest BCUT2D eigenvalue weighted by Gasteiger charge is 2.20. The molecule has 4 nitrogen and oxygen atoms in total. The summed E-state index contributed by atoms with van der Waals surface area (Å²) in [5, 5.41) is 8.25. The predicted molar refractivity (Wildman–Crippen MR) is 217 cm³/mol. The van der Waals surface area contributed by atoms with Crippen molar-refractivity contribution in [3.05, 3.63) is 182 Å². The lowest BCUT2D eigenvalue weighted by molar-refractivity contribution is 1.01. The maximum absolute atomic E-state index is 5.49. The molecule has 0 N–H and O–H groups in total. The van der Waals surface area contributed by atoms with Gasteiger partial charge in [-0.2, -0.15) is 0 Å². The first-order valence-electron chi connectivity index (χ1n) is 17.7. The van der Waals surface area contributed by atoms with Crippen molar-refractivity contribution < 1.29 is 0 Å². The van der Waals surface area contributed by atoms with Crippen LogP contribution in [0, 0.1) is 0 Å². The Morgan fingerprint density at radius 2 is 1.02 bits per heavy atom. The Morgan fingerprint density at radius 3 is 1.88 bits per heavy atom. The minimum Gasteiger partial charge on any atom is -0.309 e. The Morgan fingerprint density at radius 1 is 0.346 bits per heavy atom. The van der Waals surface area contributed by atoms with Crippen molar-refractivity contribution >= 4 is 65.3 Å². The fourth-order valence-corrected chi connectivity index (χ4v) is 8.17. The Bertz CT molecular complexity index is 3170. The maximum Gasteiger partial charge on any atom is 0.235 e. The summed E-state index contributed by atoms with van der Waals surface area (Å²) in [6.45, 7) is 0. The van der Waals surface area contributed by atoms with Crippen molar-refractivity contribution in [2.24, 2.45) is 0 Å². The molecule has 0 amide bonds. The molecule has 0 radical (unpaired) electrons. The lowest BCUT2D eigenvalue weighted by Gasteiger charge is -2.13. The second-order valence-electron chi connectivity index (χ2n) is 13.4. The van der Waals surface area contributed by atoms with E-state index in [-0.39, 0.29) is 0 Å². The average Bonchev–Trinajstić information content (AvgIpc) is 3.73. The normalized spacial score (nSPS) is 11.8. The second kappa shape index (κ2) is 11.2. The van der Waals surface area contributed by atoms with Gasteiger partial charge in [-0.1, -0.05) is 133 Å². The van der Waals surface area contributed by atoms with Crippen LogP contribution >= 0.6 is 0 Å². The van der Waals surface area contributed by atoms with E-state index < -0.39 is 0 Å². The molecule has 11 aromatic rings. The first-order valence-corrected chi connectivity index (χ1v) is 17.7. The number of para-hydroxylation sites is 3. The molecular weight excluding hydrogens is 633 g/mol. The van der Waals surface area contributed by atoms with Gasteiger partial charge in [0.15, 0.2) is 0 Å². The lowest BCUT2D eigenvalue weighted by atomic mass is 10.0. The van der Waals surface area contributed by atoms with Crippen LogP contribution in [0.25, 0.3) is 99.3 Å². The zero-order chi connectivity index (χ0) is 34.2. The average molecular weight is 663 g/mol. The van der Waals surface area contributed by atoms with Crippen molar-refractivity contribution in [2.75, 3.05) is 0 Å². The van der Waals surface area contributed by atoms with Gasteiger partial charge >= 0.3 is 0 Å². The molecule has 0 spiro atoms. The van der Waals surface area contributed by atoms with Crippen LogP contribution in [-0.2, 0) is 0 Å². The number of aromatic nitrogens is 4. The molecule has 0 bridgehead atoms. The summed E-state index contributed by atoms with van der Waals surface area (Å²) >= 11 is 0. The van der Waals surface area contributed by atoms with Crippen molar-refractivity contribution in [1.29, 1.82) is 0 Å². The minimum absolute atomic E-state index is 0.654. The van der Waals surface area contributed by atoms with Crippen molar-refractivity contribution in [3.63, 3.8) is 0 Å². The number of hydrogen-bond donors (Lipinski definition) is 0. The Labute approximate surface area is 299 Å². The van der Waals surface area contributed by atoms with Crippen LogP contribution in [0.2, 0.25) is 0 Å². The smallest absolute Gasteiger partial charge is 0.235 e. The summed E-state index contributed by atoms with van der Waals surface area (Å²) in [4.78, 5) is 10.8. The van der Waals surface area contributed by atoms with Crippen molar-refractivity contribution in [1.82, 2.24) is 19.1 Å². The van der Waals surface area contributed by atoms with Gasteiger partial charge in [0.25, 0.3) is 0 Å².